The molecular weight excluding hydrogens is 467 g/mol. The Kier molecular flexibility index (Phi) is 5.92. The number of carbonyl (C=O) groups excluding carboxylic acids is 2. The van der Waals surface area contributed by atoms with Gasteiger partial charge < -0.3 is 5.32 Å². The van der Waals surface area contributed by atoms with Gasteiger partial charge >= 0.3 is 0 Å². The Labute approximate surface area is 186 Å². The molecule has 0 aliphatic carbocycles. The molecule has 0 bridgehead atoms. The molecule has 1 aliphatic heterocycles. The van der Waals surface area contributed by atoms with Crippen molar-refractivity contribution >= 4 is 50.9 Å². The summed E-state index contributed by atoms with van der Waals surface area (Å²) in [5.41, 5.74) is 3.06. The summed E-state index contributed by atoms with van der Waals surface area (Å²) < 4.78 is 15.0. The number of nitrogens with one attached hydrogen (secondary N) is 1. The lowest BCUT2D eigenvalue weighted by Crippen LogP contribution is -2.28. The van der Waals surface area contributed by atoms with Crippen molar-refractivity contribution in [2.75, 3.05) is 16.0 Å². The van der Waals surface area contributed by atoms with Crippen molar-refractivity contribution in [2.24, 2.45) is 0 Å². The summed E-state index contributed by atoms with van der Waals surface area (Å²) in [4.78, 5) is 26.8. The number of halogens is 2. The van der Waals surface area contributed by atoms with E-state index in [1.165, 1.54) is 17.8 Å². The van der Waals surface area contributed by atoms with Gasteiger partial charge in [-0.2, -0.15) is 0 Å². The van der Waals surface area contributed by atoms with Gasteiger partial charge in [0.25, 0.3) is 5.91 Å². The van der Waals surface area contributed by atoms with E-state index >= 15 is 0 Å². The van der Waals surface area contributed by atoms with E-state index < -0.39 is 0 Å². The highest BCUT2D eigenvalue weighted by atomic mass is 79.9. The molecular formula is C23H18BrFN2O2S. The molecule has 1 aliphatic rings. The summed E-state index contributed by atoms with van der Waals surface area (Å²) in [5.74, 6) is -0.307. The van der Waals surface area contributed by atoms with Crippen LogP contribution in [0.15, 0.2) is 71.2 Å². The van der Waals surface area contributed by atoms with Crippen molar-refractivity contribution in [3.05, 3.63) is 93.7 Å². The minimum atomic E-state index is -0.341. The first kappa shape index (κ1) is 20.6. The second-order valence-electron chi connectivity index (χ2n) is 6.90. The van der Waals surface area contributed by atoms with Crippen molar-refractivity contribution in [2.45, 2.75) is 12.3 Å². The fourth-order valence-corrected chi connectivity index (χ4v) is 4.79. The van der Waals surface area contributed by atoms with E-state index in [2.05, 4.69) is 21.2 Å². The van der Waals surface area contributed by atoms with Crippen molar-refractivity contribution in [3.63, 3.8) is 0 Å². The highest BCUT2D eigenvalue weighted by molar-refractivity contribution is 9.10. The Morgan fingerprint density at radius 2 is 1.87 bits per heavy atom. The molecule has 1 saturated heterocycles. The number of rotatable bonds is 4. The lowest BCUT2D eigenvalue weighted by Gasteiger charge is -2.26. The normalized spacial score (nSPS) is 16.0. The summed E-state index contributed by atoms with van der Waals surface area (Å²) in [5, 5.41) is 2.61. The molecule has 1 N–H and O–H groups in total. The van der Waals surface area contributed by atoms with Crippen LogP contribution in [-0.2, 0) is 4.79 Å². The molecule has 3 aromatic rings. The van der Waals surface area contributed by atoms with Crippen LogP contribution < -0.4 is 10.2 Å². The average molecular weight is 485 g/mol. The molecule has 1 heterocycles. The van der Waals surface area contributed by atoms with E-state index in [9.17, 15) is 14.0 Å². The SMILES string of the molecule is Cc1c(F)cccc1N1C(=O)CS[C@H]1c1cccc(NC(=O)c2ccc(Br)cc2)c1. The van der Waals surface area contributed by atoms with Gasteiger partial charge in [-0.05, 0) is 61.0 Å². The fraction of sp³-hybridized carbons (Fsp3) is 0.130. The van der Waals surface area contributed by atoms with Crippen LogP contribution in [0.4, 0.5) is 15.8 Å². The van der Waals surface area contributed by atoms with E-state index in [-0.39, 0.29) is 23.0 Å². The topological polar surface area (TPSA) is 49.4 Å². The predicted octanol–water partition coefficient (Wildman–Crippen LogP) is 5.93. The number of amides is 2. The van der Waals surface area contributed by atoms with Gasteiger partial charge in [-0.3, -0.25) is 14.5 Å². The Morgan fingerprint density at radius 3 is 2.63 bits per heavy atom. The molecule has 4 nitrogen and oxygen atoms in total. The zero-order valence-electron chi connectivity index (χ0n) is 16.1. The third kappa shape index (κ3) is 4.13. The van der Waals surface area contributed by atoms with Crippen LogP contribution in [0.3, 0.4) is 0 Å². The third-order valence-corrected chi connectivity index (χ3v) is 6.64. The molecule has 4 rings (SSSR count). The Morgan fingerprint density at radius 1 is 1.13 bits per heavy atom. The molecule has 1 fully saturated rings. The number of thioether (sulfide) groups is 1. The first-order chi connectivity index (χ1) is 14.4. The monoisotopic (exact) mass is 484 g/mol. The van der Waals surface area contributed by atoms with Crippen molar-refractivity contribution in [1.82, 2.24) is 0 Å². The van der Waals surface area contributed by atoms with Crippen LogP contribution in [0.5, 0.6) is 0 Å². The highest BCUT2D eigenvalue weighted by Crippen LogP contribution is 2.43. The minimum Gasteiger partial charge on any atom is -0.322 e. The van der Waals surface area contributed by atoms with E-state index in [1.807, 2.05) is 30.3 Å². The minimum absolute atomic E-state index is 0.0667. The highest BCUT2D eigenvalue weighted by Gasteiger charge is 2.35. The first-order valence-corrected chi connectivity index (χ1v) is 11.1. The fourth-order valence-electron chi connectivity index (χ4n) is 3.36. The number of nitrogens with zero attached hydrogens (tertiary/aromatic N) is 1. The van der Waals surface area contributed by atoms with Crippen LogP contribution in [0.2, 0.25) is 0 Å². The third-order valence-electron chi connectivity index (χ3n) is 4.90. The van der Waals surface area contributed by atoms with Gasteiger partial charge in [0, 0.05) is 21.3 Å². The van der Waals surface area contributed by atoms with Crippen LogP contribution in [0.1, 0.15) is 26.9 Å². The zero-order valence-corrected chi connectivity index (χ0v) is 18.5. The summed E-state index contributed by atoms with van der Waals surface area (Å²) in [6.07, 6.45) is 0. The van der Waals surface area contributed by atoms with Crippen LogP contribution in [-0.4, -0.2) is 17.6 Å². The summed E-state index contributed by atoms with van der Waals surface area (Å²) >= 11 is 4.84. The molecule has 0 unspecified atom stereocenters. The molecule has 0 saturated carbocycles. The lowest BCUT2D eigenvalue weighted by molar-refractivity contribution is -0.115. The Hall–Kier alpha value is -2.64. The van der Waals surface area contributed by atoms with Crippen molar-refractivity contribution in [1.29, 1.82) is 0 Å². The Balaban J connectivity index is 1.61. The standard InChI is InChI=1S/C23H18BrFN2O2S/c1-14-19(25)6-3-7-20(14)27-21(28)13-30-23(27)16-4-2-5-18(12-16)26-22(29)15-8-10-17(24)11-9-15/h2-12,23H,13H2,1H3,(H,26,29)/t23-/m0/s1. The molecule has 2 amide bonds. The number of anilines is 2. The first-order valence-electron chi connectivity index (χ1n) is 9.29. The molecule has 152 valence electrons. The number of carbonyl (C=O) groups is 2. The molecule has 0 aromatic heterocycles. The summed E-state index contributed by atoms with van der Waals surface area (Å²) in [6.45, 7) is 1.67. The number of hydrogen-bond donors (Lipinski definition) is 1. The van der Waals surface area contributed by atoms with Gasteiger partial charge in [0.2, 0.25) is 5.91 Å². The number of hydrogen-bond acceptors (Lipinski definition) is 3. The van der Waals surface area contributed by atoms with Crippen molar-refractivity contribution < 1.29 is 14.0 Å². The average Bonchev–Trinajstić information content (AvgIpc) is 3.12. The number of benzene rings is 3. The van der Waals surface area contributed by atoms with E-state index in [4.69, 9.17) is 0 Å². The van der Waals surface area contributed by atoms with E-state index in [0.29, 0.717) is 28.3 Å². The largest absolute Gasteiger partial charge is 0.322 e. The zero-order chi connectivity index (χ0) is 21.3. The molecule has 7 heteroatoms. The van der Waals surface area contributed by atoms with Crippen molar-refractivity contribution in [3.8, 4) is 0 Å². The molecule has 1 atom stereocenters. The molecule has 0 spiro atoms. The maximum Gasteiger partial charge on any atom is 0.255 e. The van der Waals surface area contributed by atoms with Crippen LogP contribution in [0.25, 0.3) is 0 Å². The quantitative estimate of drug-likeness (QED) is 0.499. The van der Waals surface area contributed by atoms with E-state index in [1.54, 1.807) is 42.2 Å². The van der Waals surface area contributed by atoms with Crippen LogP contribution in [0, 0.1) is 12.7 Å². The second-order valence-corrected chi connectivity index (χ2v) is 8.88. The van der Waals surface area contributed by atoms with Gasteiger partial charge in [0.05, 0.1) is 11.4 Å². The summed E-state index contributed by atoms with van der Waals surface area (Å²) in [7, 11) is 0. The smallest absolute Gasteiger partial charge is 0.255 e. The van der Waals surface area contributed by atoms with Gasteiger partial charge in [0.1, 0.15) is 11.2 Å². The maximum absolute atomic E-state index is 14.1. The molecule has 3 aromatic carbocycles. The van der Waals surface area contributed by atoms with E-state index in [0.717, 1.165) is 10.0 Å². The maximum atomic E-state index is 14.1. The molecule has 0 radical (unpaired) electrons. The van der Waals surface area contributed by atoms with Gasteiger partial charge in [-0.1, -0.05) is 34.1 Å². The van der Waals surface area contributed by atoms with Crippen LogP contribution >= 0.6 is 27.7 Å². The molecule has 30 heavy (non-hydrogen) atoms. The lowest BCUT2D eigenvalue weighted by atomic mass is 10.1. The van der Waals surface area contributed by atoms with Gasteiger partial charge in [-0.25, -0.2) is 4.39 Å². The van der Waals surface area contributed by atoms with Gasteiger partial charge in [0.15, 0.2) is 0 Å². The van der Waals surface area contributed by atoms with Gasteiger partial charge in [-0.15, -0.1) is 11.8 Å². The second kappa shape index (κ2) is 8.62. The summed E-state index contributed by atoms with van der Waals surface area (Å²) in [6, 6.07) is 19.3. The Bertz CT molecular complexity index is 1120. The predicted molar refractivity (Wildman–Crippen MR) is 122 cm³/mol.